The van der Waals surface area contributed by atoms with Crippen molar-refractivity contribution in [2.75, 3.05) is 25.9 Å². The van der Waals surface area contributed by atoms with E-state index in [4.69, 9.17) is 4.74 Å². The Bertz CT molecular complexity index is 1060. The summed E-state index contributed by atoms with van der Waals surface area (Å²) < 4.78 is 71.7. The largest absolute Gasteiger partial charge is 0.489 e. The van der Waals surface area contributed by atoms with Crippen LogP contribution in [0.4, 0.5) is 4.39 Å². The summed E-state index contributed by atoms with van der Waals surface area (Å²) in [6.45, 7) is 0.845. The molecule has 1 aliphatic rings. The zero-order valence-electron chi connectivity index (χ0n) is 16.6. The van der Waals surface area contributed by atoms with Crippen molar-refractivity contribution in [1.82, 2.24) is 9.03 Å². The van der Waals surface area contributed by atoms with Gasteiger partial charge in [-0.2, -0.15) is 0 Å². The molecule has 0 amide bonds. The summed E-state index contributed by atoms with van der Waals surface area (Å²) in [5, 5.41) is 0. The van der Waals surface area contributed by atoms with Crippen LogP contribution < -0.4 is 9.46 Å². The summed E-state index contributed by atoms with van der Waals surface area (Å²) in [7, 11) is -7.05. The highest BCUT2D eigenvalue weighted by molar-refractivity contribution is 7.89. The number of hydrogen-bond donors (Lipinski definition) is 1. The van der Waals surface area contributed by atoms with Gasteiger partial charge in [-0.1, -0.05) is 24.3 Å². The Balaban J connectivity index is 1.63. The van der Waals surface area contributed by atoms with E-state index in [1.54, 1.807) is 30.3 Å². The van der Waals surface area contributed by atoms with Crippen molar-refractivity contribution in [3.05, 3.63) is 59.9 Å². The number of hydrogen-bond acceptors (Lipinski definition) is 5. The minimum atomic E-state index is -3.81. The minimum Gasteiger partial charge on any atom is -0.489 e. The Kier molecular flexibility index (Phi) is 7.12. The SMILES string of the molecule is CS(=O)(=O)N1CCC(Oc2ccccc2S(=O)(=O)NCCc2ccc(F)cc2)CC1. The molecule has 30 heavy (non-hydrogen) atoms. The predicted octanol–water partition coefficient (Wildman–Crippen LogP) is 2.15. The van der Waals surface area contributed by atoms with Crippen LogP contribution in [0.1, 0.15) is 18.4 Å². The van der Waals surface area contributed by atoms with Gasteiger partial charge < -0.3 is 4.74 Å². The number of para-hydroxylation sites is 1. The number of nitrogens with one attached hydrogen (secondary N) is 1. The van der Waals surface area contributed by atoms with Gasteiger partial charge in [0.05, 0.1) is 6.26 Å². The summed E-state index contributed by atoms with van der Waals surface area (Å²) >= 11 is 0. The standard InChI is InChI=1S/C20H25FN2O5S2/c1-29(24,25)23-14-11-18(12-15-23)28-19-4-2-3-5-20(19)30(26,27)22-13-10-16-6-8-17(21)9-7-16/h2-9,18,22H,10-15H2,1H3. The van der Waals surface area contributed by atoms with E-state index in [0.717, 1.165) is 5.56 Å². The first kappa shape index (κ1) is 22.7. The monoisotopic (exact) mass is 456 g/mol. The molecule has 0 aliphatic carbocycles. The van der Waals surface area contributed by atoms with E-state index < -0.39 is 20.0 Å². The molecule has 0 atom stereocenters. The van der Waals surface area contributed by atoms with E-state index in [-0.39, 0.29) is 29.1 Å². The van der Waals surface area contributed by atoms with Crippen LogP contribution in [0.15, 0.2) is 53.4 Å². The number of sulfonamides is 2. The molecule has 10 heteroatoms. The molecule has 164 valence electrons. The Morgan fingerprint density at radius 1 is 1.03 bits per heavy atom. The van der Waals surface area contributed by atoms with Crippen LogP contribution in [-0.4, -0.2) is 53.1 Å². The topological polar surface area (TPSA) is 92.8 Å². The minimum absolute atomic E-state index is 0.0367. The van der Waals surface area contributed by atoms with E-state index in [1.807, 2.05) is 0 Å². The van der Waals surface area contributed by atoms with Crippen molar-refractivity contribution in [3.8, 4) is 5.75 Å². The van der Waals surface area contributed by atoms with Crippen LogP contribution in [0.25, 0.3) is 0 Å². The first-order valence-electron chi connectivity index (χ1n) is 9.60. The van der Waals surface area contributed by atoms with E-state index in [2.05, 4.69) is 4.72 Å². The highest BCUT2D eigenvalue weighted by atomic mass is 32.2. The highest BCUT2D eigenvalue weighted by Crippen LogP contribution is 2.27. The zero-order chi connectivity index (χ0) is 21.8. The fourth-order valence-electron chi connectivity index (χ4n) is 3.29. The lowest BCUT2D eigenvalue weighted by atomic mass is 10.1. The lowest BCUT2D eigenvalue weighted by Gasteiger charge is -2.30. The third-order valence-electron chi connectivity index (χ3n) is 4.92. The van der Waals surface area contributed by atoms with Gasteiger partial charge >= 0.3 is 0 Å². The number of benzene rings is 2. The van der Waals surface area contributed by atoms with Gasteiger partial charge in [0.1, 0.15) is 22.6 Å². The number of ether oxygens (including phenoxy) is 1. The summed E-state index contributed by atoms with van der Waals surface area (Å²) in [6.07, 6.45) is 2.30. The quantitative estimate of drug-likeness (QED) is 0.657. The highest BCUT2D eigenvalue weighted by Gasteiger charge is 2.27. The molecule has 2 aromatic rings. The number of halogens is 1. The third kappa shape index (κ3) is 6.00. The first-order chi connectivity index (χ1) is 14.1. The Hall–Kier alpha value is -2.01. The fourth-order valence-corrected chi connectivity index (χ4v) is 5.33. The van der Waals surface area contributed by atoms with E-state index in [9.17, 15) is 21.2 Å². The second-order valence-electron chi connectivity index (χ2n) is 7.20. The third-order valence-corrected chi connectivity index (χ3v) is 7.72. The lowest BCUT2D eigenvalue weighted by molar-refractivity contribution is 0.132. The van der Waals surface area contributed by atoms with Crippen LogP contribution in [0, 0.1) is 5.82 Å². The summed E-state index contributed by atoms with van der Waals surface area (Å²) in [5.74, 6) is -0.0997. The zero-order valence-corrected chi connectivity index (χ0v) is 18.3. The molecule has 0 unspecified atom stereocenters. The van der Waals surface area contributed by atoms with Gasteiger partial charge in [0.15, 0.2) is 0 Å². The van der Waals surface area contributed by atoms with E-state index in [1.165, 1.54) is 28.8 Å². The van der Waals surface area contributed by atoms with Gasteiger partial charge in [-0.05, 0) is 49.1 Å². The maximum atomic E-state index is 13.0. The molecule has 0 bridgehead atoms. The molecule has 1 fully saturated rings. The Morgan fingerprint density at radius 3 is 2.30 bits per heavy atom. The summed E-state index contributed by atoms with van der Waals surface area (Å²) in [5.41, 5.74) is 0.821. The number of piperidine rings is 1. The van der Waals surface area contributed by atoms with Crippen molar-refractivity contribution in [2.24, 2.45) is 0 Å². The predicted molar refractivity (Wildman–Crippen MR) is 112 cm³/mol. The average Bonchev–Trinajstić information content (AvgIpc) is 2.69. The van der Waals surface area contributed by atoms with E-state index in [0.29, 0.717) is 32.4 Å². The normalized spacial score (nSPS) is 16.5. The van der Waals surface area contributed by atoms with Gasteiger partial charge in [0.25, 0.3) is 0 Å². The fraction of sp³-hybridized carbons (Fsp3) is 0.400. The molecule has 2 aromatic carbocycles. The molecule has 1 saturated heterocycles. The van der Waals surface area contributed by atoms with Crippen molar-refractivity contribution < 1.29 is 26.0 Å². The second-order valence-corrected chi connectivity index (χ2v) is 10.9. The van der Waals surface area contributed by atoms with E-state index >= 15 is 0 Å². The molecular weight excluding hydrogens is 431 g/mol. The van der Waals surface area contributed by atoms with Gasteiger partial charge in [-0.15, -0.1) is 0 Å². The molecule has 1 aliphatic heterocycles. The second kappa shape index (κ2) is 9.42. The van der Waals surface area contributed by atoms with Crippen LogP contribution in [0.2, 0.25) is 0 Å². The van der Waals surface area contributed by atoms with Crippen molar-refractivity contribution in [1.29, 1.82) is 0 Å². The summed E-state index contributed by atoms with van der Waals surface area (Å²) in [4.78, 5) is 0.0367. The molecule has 0 saturated carbocycles. The van der Waals surface area contributed by atoms with Gasteiger partial charge in [-0.3, -0.25) is 0 Å². The van der Waals surface area contributed by atoms with Crippen molar-refractivity contribution in [2.45, 2.75) is 30.3 Å². The van der Waals surface area contributed by atoms with Crippen molar-refractivity contribution in [3.63, 3.8) is 0 Å². The van der Waals surface area contributed by atoms with Crippen LogP contribution in [-0.2, 0) is 26.5 Å². The van der Waals surface area contributed by atoms with Crippen molar-refractivity contribution >= 4 is 20.0 Å². The van der Waals surface area contributed by atoms with Crippen LogP contribution >= 0.6 is 0 Å². The molecular formula is C20H25FN2O5S2. The lowest BCUT2D eigenvalue weighted by Crippen LogP contribution is -2.41. The summed E-state index contributed by atoms with van der Waals surface area (Å²) in [6, 6.07) is 12.3. The van der Waals surface area contributed by atoms with Gasteiger partial charge in [-0.25, -0.2) is 30.3 Å². The molecule has 7 nitrogen and oxygen atoms in total. The molecule has 1 N–H and O–H groups in total. The van der Waals surface area contributed by atoms with Crippen LogP contribution in [0.5, 0.6) is 5.75 Å². The smallest absolute Gasteiger partial charge is 0.244 e. The van der Waals surface area contributed by atoms with Crippen LogP contribution in [0.3, 0.4) is 0 Å². The number of nitrogens with zero attached hydrogens (tertiary/aromatic N) is 1. The molecule has 0 radical (unpaired) electrons. The first-order valence-corrected chi connectivity index (χ1v) is 12.9. The van der Waals surface area contributed by atoms with Gasteiger partial charge in [0.2, 0.25) is 20.0 Å². The molecule has 1 heterocycles. The maximum absolute atomic E-state index is 13.0. The Morgan fingerprint density at radius 2 is 1.67 bits per heavy atom. The van der Waals surface area contributed by atoms with Gasteiger partial charge in [0, 0.05) is 19.6 Å². The average molecular weight is 457 g/mol. The maximum Gasteiger partial charge on any atom is 0.244 e. The molecule has 0 aromatic heterocycles. The molecule has 0 spiro atoms. The Labute approximate surface area is 177 Å². The molecule has 3 rings (SSSR count). The number of rotatable bonds is 8.